The van der Waals surface area contributed by atoms with Gasteiger partial charge in [0.2, 0.25) is 4.96 Å². The highest BCUT2D eigenvalue weighted by molar-refractivity contribution is 7.19. The van der Waals surface area contributed by atoms with Crippen LogP contribution in [0.5, 0.6) is 0 Å². The molecule has 1 fully saturated rings. The molecule has 1 saturated carbocycles. The molecule has 4 rings (SSSR count). The monoisotopic (exact) mass is 285 g/mol. The molecule has 0 unspecified atom stereocenters. The van der Waals surface area contributed by atoms with E-state index in [2.05, 4.69) is 27.6 Å². The lowest BCUT2D eigenvalue weighted by atomic mass is 9.85. The molecule has 0 radical (unpaired) electrons. The second-order valence-corrected chi connectivity index (χ2v) is 6.04. The van der Waals surface area contributed by atoms with Gasteiger partial charge in [0, 0.05) is 24.2 Å². The Labute approximate surface area is 120 Å². The summed E-state index contributed by atoms with van der Waals surface area (Å²) in [4.78, 5) is 0.882. The summed E-state index contributed by atoms with van der Waals surface area (Å²) >= 11 is 1.59. The zero-order valence-corrected chi connectivity index (χ0v) is 12.0. The van der Waals surface area contributed by atoms with Gasteiger partial charge < -0.3 is 5.32 Å². The Balaban J connectivity index is 1.82. The number of benzene rings is 1. The molecule has 102 valence electrons. The van der Waals surface area contributed by atoms with Crippen molar-refractivity contribution in [3.63, 3.8) is 0 Å². The minimum atomic E-state index is 0.541. The molecule has 1 N–H and O–H groups in total. The number of para-hydroxylation sites is 1. The predicted molar refractivity (Wildman–Crippen MR) is 80.2 cm³/mol. The van der Waals surface area contributed by atoms with Gasteiger partial charge in [-0.05, 0) is 25.0 Å². The van der Waals surface area contributed by atoms with Crippen LogP contribution in [0.4, 0.5) is 5.69 Å². The normalized spacial score (nSPS) is 15.4. The van der Waals surface area contributed by atoms with E-state index in [4.69, 9.17) is 5.10 Å². The summed E-state index contributed by atoms with van der Waals surface area (Å²) in [6.45, 7) is 0. The Kier molecular flexibility index (Phi) is 2.70. The Hall–Kier alpha value is -1.95. The fourth-order valence-electron chi connectivity index (χ4n) is 2.55. The van der Waals surface area contributed by atoms with Crippen LogP contribution in [0.1, 0.15) is 31.0 Å². The lowest BCUT2D eigenvalue weighted by Crippen LogP contribution is -2.13. The van der Waals surface area contributed by atoms with Crippen LogP contribution in [0.25, 0.3) is 15.5 Å². The molecule has 0 amide bonds. The van der Waals surface area contributed by atoms with Crippen molar-refractivity contribution in [2.75, 3.05) is 12.4 Å². The molecule has 0 saturated heterocycles. The third-order valence-electron chi connectivity index (χ3n) is 3.91. The maximum atomic E-state index is 4.72. The van der Waals surface area contributed by atoms with Gasteiger partial charge >= 0.3 is 0 Å². The molecular formula is C14H15N5S. The number of hydrogen-bond donors (Lipinski definition) is 1. The summed E-state index contributed by atoms with van der Waals surface area (Å²) in [5, 5.41) is 17.5. The van der Waals surface area contributed by atoms with Crippen LogP contribution in [-0.4, -0.2) is 26.9 Å². The lowest BCUT2D eigenvalue weighted by molar-refractivity contribution is 0.395. The average molecular weight is 285 g/mol. The van der Waals surface area contributed by atoms with Crippen LogP contribution in [-0.2, 0) is 0 Å². The van der Waals surface area contributed by atoms with Gasteiger partial charge in [-0.2, -0.15) is 9.61 Å². The first-order valence-electron chi connectivity index (χ1n) is 6.86. The van der Waals surface area contributed by atoms with Crippen molar-refractivity contribution >= 4 is 22.0 Å². The van der Waals surface area contributed by atoms with Crippen molar-refractivity contribution in [1.82, 2.24) is 19.8 Å². The van der Waals surface area contributed by atoms with Crippen LogP contribution in [0.2, 0.25) is 0 Å². The Morgan fingerprint density at radius 1 is 1.25 bits per heavy atom. The second kappa shape index (κ2) is 4.56. The second-order valence-electron chi connectivity index (χ2n) is 5.08. The van der Waals surface area contributed by atoms with Crippen molar-refractivity contribution < 1.29 is 0 Å². The predicted octanol–water partition coefficient (Wildman–Crippen LogP) is 3.16. The molecule has 0 atom stereocenters. The number of nitrogens with zero attached hydrogens (tertiary/aromatic N) is 4. The van der Waals surface area contributed by atoms with Gasteiger partial charge in [0.25, 0.3) is 0 Å². The third kappa shape index (κ3) is 1.71. The Morgan fingerprint density at radius 3 is 2.85 bits per heavy atom. The molecule has 1 aromatic carbocycles. The summed E-state index contributed by atoms with van der Waals surface area (Å²) < 4.78 is 1.93. The molecule has 3 aromatic rings. The molecule has 6 heteroatoms. The minimum Gasteiger partial charge on any atom is -0.388 e. The van der Waals surface area contributed by atoms with Crippen LogP contribution in [0.3, 0.4) is 0 Å². The van der Waals surface area contributed by atoms with E-state index < -0.39 is 0 Å². The molecule has 0 bridgehead atoms. The SMILES string of the molecule is CNc1ccccc1-c1nn2c(C3CCC3)nnc2s1. The van der Waals surface area contributed by atoms with E-state index >= 15 is 0 Å². The first kappa shape index (κ1) is 11.8. The standard InChI is InChI=1S/C14H15N5S/c1-15-11-8-3-2-7-10(11)13-18-19-12(9-5-4-6-9)16-17-14(19)20-13/h2-3,7-9,15H,4-6H2,1H3. The summed E-state index contributed by atoms with van der Waals surface area (Å²) in [5.74, 6) is 1.56. The number of fused-ring (bicyclic) bond motifs is 1. The number of hydrogen-bond acceptors (Lipinski definition) is 5. The highest BCUT2D eigenvalue weighted by Gasteiger charge is 2.26. The van der Waals surface area contributed by atoms with Crippen molar-refractivity contribution in [2.45, 2.75) is 25.2 Å². The number of rotatable bonds is 3. The first-order chi connectivity index (χ1) is 9.86. The molecule has 5 nitrogen and oxygen atoms in total. The van der Waals surface area contributed by atoms with Crippen molar-refractivity contribution in [2.24, 2.45) is 0 Å². The van der Waals surface area contributed by atoms with E-state index in [1.807, 2.05) is 23.7 Å². The topological polar surface area (TPSA) is 55.1 Å². The summed E-state index contributed by atoms with van der Waals surface area (Å²) in [6, 6.07) is 8.20. The highest BCUT2D eigenvalue weighted by atomic mass is 32.1. The van der Waals surface area contributed by atoms with Crippen LogP contribution < -0.4 is 5.32 Å². The van der Waals surface area contributed by atoms with E-state index in [0.29, 0.717) is 5.92 Å². The molecule has 1 aliphatic rings. The van der Waals surface area contributed by atoms with E-state index in [9.17, 15) is 0 Å². The lowest BCUT2D eigenvalue weighted by Gasteiger charge is -2.22. The molecular weight excluding hydrogens is 270 g/mol. The quantitative estimate of drug-likeness (QED) is 0.803. The van der Waals surface area contributed by atoms with Gasteiger partial charge in [0.15, 0.2) is 5.82 Å². The summed E-state index contributed by atoms with van der Waals surface area (Å²) in [6.07, 6.45) is 3.71. The molecule has 2 heterocycles. The van der Waals surface area contributed by atoms with Crippen molar-refractivity contribution in [3.05, 3.63) is 30.1 Å². The molecule has 2 aromatic heterocycles. The Bertz CT molecular complexity index is 756. The number of aromatic nitrogens is 4. The number of nitrogens with one attached hydrogen (secondary N) is 1. The zero-order chi connectivity index (χ0) is 13.5. The Morgan fingerprint density at radius 2 is 2.10 bits per heavy atom. The smallest absolute Gasteiger partial charge is 0.234 e. The van der Waals surface area contributed by atoms with Gasteiger partial charge in [-0.15, -0.1) is 10.2 Å². The molecule has 0 aliphatic heterocycles. The van der Waals surface area contributed by atoms with Crippen molar-refractivity contribution in [3.8, 4) is 10.6 Å². The van der Waals surface area contributed by atoms with Gasteiger partial charge in [-0.3, -0.25) is 0 Å². The summed E-state index contributed by atoms with van der Waals surface area (Å²) in [5.41, 5.74) is 2.20. The van der Waals surface area contributed by atoms with Gasteiger partial charge in [-0.1, -0.05) is 29.9 Å². The number of anilines is 1. The fraction of sp³-hybridized carbons (Fsp3) is 0.357. The molecule has 20 heavy (non-hydrogen) atoms. The van der Waals surface area contributed by atoms with Gasteiger partial charge in [0.05, 0.1) is 0 Å². The van der Waals surface area contributed by atoms with Gasteiger partial charge in [-0.25, -0.2) is 0 Å². The zero-order valence-electron chi connectivity index (χ0n) is 11.2. The first-order valence-corrected chi connectivity index (χ1v) is 7.68. The van der Waals surface area contributed by atoms with Crippen LogP contribution in [0, 0.1) is 0 Å². The van der Waals surface area contributed by atoms with E-state index in [-0.39, 0.29) is 0 Å². The third-order valence-corrected chi connectivity index (χ3v) is 4.84. The van der Waals surface area contributed by atoms with E-state index in [1.165, 1.54) is 19.3 Å². The van der Waals surface area contributed by atoms with E-state index in [0.717, 1.165) is 27.0 Å². The van der Waals surface area contributed by atoms with Crippen LogP contribution >= 0.6 is 11.3 Å². The highest BCUT2D eigenvalue weighted by Crippen LogP contribution is 2.37. The molecule has 1 aliphatic carbocycles. The van der Waals surface area contributed by atoms with Gasteiger partial charge in [0.1, 0.15) is 5.01 Å². The fourth-order valence-corrected chi connectivity index (χ4v) is 3.44. The minimum absolute atomic E-state index is 0.541. The van der Waals surface area contributed by atoms with E-state index in [1.54, 1.807) is 11.3 Å². The maximum absolute atomic E-state index is 4.72. The van der Waals surface area contributed by atoms with Crippen LogP contribution in [0.15, 0.2) is 24.3 Å². The largest absolute Gasteiger partial charge is 0.388 e. The molecule has 0 spiro atoms. The van der Waals surface area contributed by atoms with Crippen molar-refractivity contribution in [1.29, 1.82) is 0 Å². The average Bonchev–Trinajstić information content (AvgIpc) is 2.99. The maximum Gasteiger partial charge on any atom is 0.234 e. The summed E-state index contributed by atoms with van der Waals surface area (Å²) in [7, 11) is 1.93.